The number of imidazole rings is 1. The van der Waals surface area contributed by atoms with Crippen LogP contribution < -0.4 is 5.32 Å². The molecule has 0 saturated carbocycles. The third-order valence-electron chi connectivity index (χ3n) is 3.44. The van der Waals surface area contributed by atoms with Crippen molar-refractivity contribution in [3.63, 3.8) is 0 Å². The first kappa shape index (κ1) is 13.2. The van der Waals surface area contributed by atoms with Gasteiger partial charge in [0.15, 0.2) is 0 Å². The zero-order valence-electron chi connectivity index (χ0n) is 11.6. The molecule has 0 fully saturated rings. The predicted molar refractivity (Wildman–Crippen MR) is 81.4 cm³/mol. The van der Waals surface area contributed by atoms with Crippen LogP contribution in [0.15, 0.2) is 48.5 Å². The van der Waals surface area contributed by atoms with E-state index in [1.165, 1.54) is 0 Å². The molecule has 0 amide bonds. The Morgan fingerprint density at radius 2 is 2.05 bits per heavy atom. The Hall–Kier alpha value is -2.82. The summed E-state index contributed by atoms with van der Waals surface area (Å²) in [6.07, 6.45) is 0. The Morgan fingerprint density at radius 3 is 2.81 bits per heavy atom. The molecule has 0 aliphatic carbocycles. The molecule has 0 spiro atoms. The van der Waals surface area contributed by atoms with E-state index in [4.69, 9.17) is 5.11 Å². The standard InChI is InChI=1S/C16H15N3O2/c1-19-14-8-3-2-7-13(14)18-15(19)10-17-12-6-4-5-11(9-12)16(20)21/h2-9,17H,10H2,1H3,(H,20,21). The summed E-state index contributed by atoms with van der Waals surface area (Å²) < 4.78 is 2.03. The Bertz CT molecular complexity index is 808. The summed E-state index contributed by atoms with van der Waals surface area (Å²) in [6.45, 7) is 0.536. The van der Waals surface area contributed by atoms with Crippen molar-refractivity contribution < 1.29 is 9.90 Å². The topological polar surface area (TPSA) is 67.2 Å². The number of carbonyl (C=O) groups is 1. The van der Waals surface area contributed by atoms with Gasteiger partial charge in [0.1, 0.15) is 5.82 Å². The van der Waals surface area contributed by atoms with Crippen molar-refractivity contribution in [3.05, 3.63) is 59.9 Å². The largest absolute Gasteiger partial charge is 0.478 e. The molecule has 0 saturated heterocycles. The summed E-state index contributed by atoms with van der Waals surface area (Å²) in [7, 11) is 1.97. The Kier molecular flexibility index (Phi) is 3.31. The second-order valence-electron chi connectivity index (χ2n) is 4.82. The van der Waals surface area contributed by atoms with Gasteiger partial charge in [0.05, 0.1) is 23.1 Å². The predicted octanol–water partition coefficient (Wildman–Crippen LogP) is 2.88. The molecule has 2 N–H and O–H groups in total. The monoisotopic (exact) mass is 281 g/mol. The van der Waals surface area contributed by atoms with Crippen LogP contribution in [0.1, 0.15) is 16.2 Å². The molecule has 0 aliphatic heterocycles. The minimum absolute atomic E-state index is 0.269. The highest BCUT2D eigenvalue weighted by Gasteiger charge is 2.07. The lowest BCUT2D eigenvalue weighted by atomic mass is 10.2. The van der Waals surface area contributed by atoms with Crippen molar-refractivity contribution in [1.82, 2.24) is 9.55 Å². The number of rotatable bonds is 4. The Balaban J connectivity index is 1.82. The van der Waals surface area contributed by atoms with Gasteiger partial charge in [-0.2, -0.15) is 0 Å². The van der Waals surface area contributed by atoms with Crippen molar-refractivity contribution in [1.29, 1.82) is 0 Å². The van der Waals surface area contributed by atoms with E-state index in [1.54, 1.807) is 18.2 Å². The number of para-hydroxylation sites is 2. The zero-order valence-corrected chi connectivity index (χ0v) is 11.6. The van der Waals surface area contributed by atoms with Crippen LogP contribution in [0.2, 0.25) is 0 Å². The van der Waals surface area contributed by atoms with Gasteiger partial charge in [0.25, 0.3) is 0 Å². The number of carboxylic acids is 1. The highest BCUT2D eigenvalue weighted by atomic mass is 16.4. The van der Waals surface area contributed by atoms with Gasteiger partial charge in [0, 0.05) is 12.7 Å². The first-order valence-corrected chi connectivity index (χ1v) is 6.63. The van der Waals surface area contributed by atoms with Gasteiger partial charge in [-0.15, -0.1) is 0 Å². The van der Waals surface area contributed by atoms with E-state index in [9.17, 15) is 4.79 Å². The number of hydrogen-bond acceptors (Lipinski definition) is 3. The number of fused-ring (bicyclic) bond motifs is 1. The summed E-state index contributed by atoms with van der Waals surface area (Å²) in [4.78, 5) is 15.5. The van der Waals surface area contributed by atoms with Gasteiger partial charge in [0.2, 0.25) is 0 Å². The SMILES string of the molecule is Cn1c(CNc2cccc(C(=O)O)c2)nc2ccccc21. The van der Waals surface area contributed by atoms with Gasteiger partial charge in [-0.05, 0) is 30.3 Å². The highest BCUT2D eigenvalue weighted by Crippen LogP contribution is 2.16. The Labute approximate surface area is 121 Å². The molecule has 21 heavy (non-hydrogen) atoms. The first-order chi connectivity index (χ1) is 10.1. The summed E-state index contributed by atoms with van der Waals surface area (Å²) >= 11 is 0. The quantitative estimate of drug-likeness (QED) is 0.771. The zero-order chi connectivity index (χ0) is 14.8. The maximum absolute atomic E-state index is 11.0. The maximum Gasteiger partial charge on any atom is 0.335 e. The number of aryl methyl sites for hydroxylation is 1. The number of hydrogen-bond donors (Lipinski definition) is 2. The lowest BCUT2D eigenvalue weighted by molar-refractivity contribution is 0.0697. The first-order valence-electron chi connectivity index (χ1n) is 6.63. The van der Waals surface area contributed by atoms with E-state index in [0.717, 1.165) is 22.5 Å². The lowest BCUT2D eigenvalue weighted by Crippen LogP contribution is -2.06. The van der Waals surface area contributed by atoms with Crippen LogP contribution in [0.4, 0.5) is 5.69 Å². The van der Waals surface area contributed by atoms with E-state index < -0.39 is 5.97 Å². The van der Waals surface area contributed by atoms with E-state index in [-0.39, 0.29) is 5.56 Å². The summed E-state index contributed by atoms with van der Waals surface area (Å²) in [5.41, 5.74) is 3.07. The Morgan fingerprint density at radius 1 is 1.24 bits per heavy atom. The second-order valence-corrected chi connectivity index (χ2v) is 4.82. The van der Waals surface area contributed by atoms with Crippen molar-refractivity contribution in [2.24, 2.45) is 7.05 Å². The minimum Gasteiger partial charge on any atom is -0.478 e. The summed E-state index contributed by atoms with van der Waals surface area (Å²) in [6, 6.07) is 14.7. The van der Waals surface area contributed by atoms with Gasteiger partial charge in [-0.25, -0.2) is 9.78 Å². The van der Waals surface area contributed by atoms with E-state index in [0.29, 0.717) is 6.54 Å². The number of aromatic nitrogens is 2. The van der Waals surface area contributed by atoms with Crippen LogP contribution in [-0.2, 0) is 13.6 Å². The van der Waals surface area contributed by atoms with E-state index >= 15 is 0 Å². The average molecular weight is 281 g/mol. The molecule has 0 aliphatic rings. The smallest absolute Gasteiger partial charge is 0.335 e. The van der Waals surface area contributed by atoms with Crippen LogP contribution in [0, 0.1) is 0 Å². The fourth-order valence-electron chi connectivity index (χ4n) is 2.30. The van der Waals surface area contributed by atoms with Crippen LogP contribution in [0.3, 0.4) is 0 Å². The number of anilines is 1. The molecule has 2 aromatic carbocycles. The molecule has 5 nitrogen and oxygen atoms in total. The average Bonchev–Trinajstić information content (AvgIpc) is 2.82. The molecule has 5 heteroatoms. The molecule has 0 atom stereocenters. The molecule has 1 heterocycles. The van der Waals surface area contributed by atoms with Crippen molar-refractivity contribution >= 4 is 22.7 Å². The molecule has 3 aromatic rings. The van der Waals surface area contributed by atoms with Crippen molar-refractivity contribution in [2.75, 3.05) is 5.32 Å². The fraction of sp³-hybridized carbons (Fsp3) is 0.125. The van der Waals surface area contributed by atoms with Crippen molar-refractivity contribution in [2.45, 2.75) is 6.54 Å². The number of carboxylic acid groups (broad SMARTS) is 1. The molecule has 0 radical (unpaired) electrons. The number of nitrogens with zero attached hydrogens (tertiary/aromatic N) is 2. The molecular formula is C16H15N3O2. The molecule has 1 aromatic heterocycles. The number of nitrogens with one attached hydrogen (secondary N) is 1. The van der Waals surface area contributed by atoms with Crippen LogP contribution >= 0.6 is 0 Å². The van der Waals surface area contributed by atoms with Crippen LogP contribution in [0.5, 0.6) is 0 Å². The third kappa shape index (κ3) is 2.58. The molecule has 0 unspecified atom stereocenters. The molecule has 0 bridgehead atoms. The highest BCUT2D eigenvalue weighted by molar-refractivity contribution is 5.88. The number of aromatic carboxylic acids is 1. The van der Waals surface area contributed by atoms with E-state index in [1.807, 2.05) is 41.9 Å². The van der Waals surface area contributed by atoms with E-state index in [2.05, 4.69) is 10.3 Å². The van der Waals surface area contributed by atoms with Gasteiger partial charge in [-0.3, -0.25) is 0 Å². The second kappa shape index (κ2) is 5.28. The normalized spacial score (nSPS) is 10.7. The van der Waals surface area contributed by atoms with Gasteiger partial charge in [-0.1, -0.05) is 18.2 Å². The molecule has 106 valence electrons. The molecular weight excluding hydrogens is 266 g/mol. The van der Waals surface area contributed by atoms with Crippen molar-refractivity contribution in [3.8, 4) is 0 Å². The summed E-state index contributed by atoms with van der Waals surface area (Å²) in [5, 5.41) is 12.2. The van der Waals surface area contributed by atoms with Gasteiger partial charge < -0.3 is 15.0 Å². The van der Waals surface area contributed by atoms with Crippen LogP contribution in [0.25, 0.3) is 11.0 Å². The lowest BCUT2D eigenvalue weighted by Gasteiger charge is -2.07. The summed E-state index contributed by atoms with van der Waals surface area (Å²) in [5.74, 6) is -0.0293. The maximum atomic E-state index is 11.0. The van der Waals surface area contributed by atoms with Gasteiger partial charge >= 0.3 is 5.97 Å². The molecule has 3 rings (SSSR count). The minimum atomic E-state index is -0.929. The third-order valence-corrected chi connectivity index (χ3v) is 3.44. The number of benzene rings is 2. The fourth-order valence-corrected chi connectivity index (χ4v) is 2.30. The van der Waals surface area contributed by atoms with Crippen LogP contribution in [-0.4, -0.2) is 20.6 Å².